The summed E-state index contributed by atoms with van der Waals surface area (Å²) in [7, 11) is 1.45. The summed E-state index contributed by atoms with van der Waals surface area (Å²) >= 11 is 0. The van der Waals surface area contributed by atoms with Crippen LogP contribution in [0.3, 0.4) is 0 Å². The standard InChI is InChI=1S/C8H14N2O2/c1-12-8(11)6-7(9-2-3-9)10-4-5-10/h7H,2-6H2,1H3. The maximum Gasteiger partial charge on any atom is 0.308 e. The Morgan fingerprint density at radius 2 is 1.83 bits per heavy atom. The van der Waals surface area contributed by atoms with Gasteiger partial charge in [0.25, 0.3) is 0 Å². The third-order valence-corrected chi connectivity index (χ3v) is 2.38. The van der Waals surface area contributed by atoms with Crippen molar-refractivity contribution in [3.63, 3.8) is 0 Å². The molecule has 0 aliphatic carbocycles. The maximum absolute atomic E-state index is 11.0. The first-order valence-corrected chi connectivity index (χ1v) is 4.36. The minimum absolute atomic E-state index is 0.0983. The van der Waals surface area contributed by atoms with Crippen molar-refractivity contribution in [1.82, 2.24) is 9.80 Å². The normalized spacial score (nSPS) is 22.8. The summed E-state index contributed by atoms with van der Waals surface area (Å²) in [5, 5.41) is 0. The van der Waals surface area contributed by atoms with Crippen molar-refractivity contribution in [2.24, 2.45) is 0 Å². The first kappa shape index (κ1) is 8.01. The molecule has 0 saturated carbocycles. The highest BCUT2D eigenvalue weighted by Gasteiger charge is 2.38. The minimum atomic E-state index is -0.0983. The molecule has 2 fully saturated rings. The van der Waals surface area contributed by atoms with Gasteiger partial charge in [-0.2, -0.15) is 0 Å². The van der Waals surface area contributed by atoms with Gasteiger partial charge in [0.05, 0.1) is 19.7 Å². The lowest BCUT2D eigenvalue weighted by molar-refractivity contribution is -0.142. The van der Waals surface area contributed by atoms with Crippen molar-refractivity contribution in [2.45, 2.75) is 12.6 Å². The lowest BCUT2D eigenvalue weighted by Gasteiger charge is -2.17. The number of esters is 1. The Labute approximate surface area is 72.1 Å². The molecule has 0 aromatic rings. The van der Waals surface area contributed by atoms with Gasteiger partial charge in [-0.25, -0.2) is 0 Å². The molecule has 2 aliphatic rings. The molecule has 68 valence electrons. The zero-order chi connectivity index (χ0) is 8.55. The van der Waals surface area contributed by atoms with E-state index in [0.29, 0.717) is 12.6 Å². The highest BCUT2D eigenvalue weighted by Crippen LogP contribution is 2.23. The molecule has 0 bridgehead atoms. The number of hydrogen-bond acceptors (Lipinski definition) is 4. The van der Waals surface area contributed by atoms with E-state index in [1.54, 1.807) is 0 Å². The average molecular weight is 170 g/mol. The van der Waals surface area contributed by atoms with Gasteiger partial charge < -0.3 is 4.74 Å². The molecule has 0 aromatic carbocycles. The Balaban J connectivity index is 1.83. The summed E-state index contributed by atoms with van der Waals surface area (Å²) in [6, 6.07) is 0. The van der Waals surface area contributed by atoms with E-state index in [1.807, 2.05) is 0 Å². The van der Waals surface area contributed by atoms with E-state index in [-0.39, 0.29) is 5.97 Å². The molecule has 0 N–H and O–H groups in total. The van der Waals surface area contributed by atoms with Crippen molar-refractivity contribution in [3.05, 3.63) is 0 Å². The summed E-state index contributed by atoms with van der Waals surface area (Å²) in [6.07, 6.45) is 0.855. The van der Waals surface area contributed by atoms with Crippen LogP contribution in [-0.2, 0) is 9.53 Å². The second-order valence-electron chi connectivity index (χ2n) is 3.33. The van der Waals surface area contributed by atoms with E-state index in [1.165, 1.54) is 7.11 Å². The summed E-state index contributed by atoms with van der Waals surface area (Å²) in [5.74, 6) is -0.0983. The second-order valence-corrected chi connectivity index (χ2v) is 3.33. The third-order valence-electron chi connectivity index (χ3n) is 2.38. The van der Waals surface area contributed by atoms with Crippen LogP contribution in [0.4, 0.5) is 0 Å². The molecule has 0 unspecified atom stereocenters. The monoisotopic (exact) mass is 170 g/mol. The van der Waals surface area contributed by atoms with Crippen LogP contribution < -0.4 is 0 Å². The van der Waals surface area contributed by atoms with Gasteiger partial charge in [-0.05, 0) is 0 Å². The van der Waals surface area contributed by atoms with E-state index in [0.717, 1.165) is 26.2 Å². The van der Waals surface area contributed by atoms with Crippen molar-refractivity contribution in [3.8, 4) is 0 Å². The van der Waals surface area contributed by atoms with Crippen LogP contribution in [-0.4, -0.2) is 55.2 Å². The molecule has 2 heterocycles. The highest BCUT2D eigenvalue weighted by molar-refractivity contribution is 5.69. The molecular formula is C8H14N2O2. The number of nitrogens with zero attached hydrogens (tertiary/aromatic N) is 2. The number of carbonyl (C=O) groups excluding carboxylic acids is 1. The zero-order valence-corrected chi connectivity index (χ0v) is 7.32. The van der Waals surface area contributed by atoms with Crippen molar-refractivity contribution in [2.75, 3.05) is 33.3 Å². The van der Waals surface area contributed by atoms with Gasteiger partial charge in [-0.1, -0.05) is 0 Å². The number of methoxy groups -OCH3 is 1. The molecule has 0 aromatic heterocycles. The van der Waals surface area contributed by atoms with Gasteiger partial charge in [0, 0.05) is 26.2 Å². The first-order valence-electron chi connectivity index (χ1n) is 4.36. The fourth-order valence-electron chi connectivity index (χ4n) is 1.43. The van der Waals surface area contributed by atoms with Crippen LogP contribution >= 0.6 is 0 Å². The lowest BCUT2D eigenvalue weighted by atomic mass is 10.3. The van der Waals surface area contributed by atoms with E-state index in [4.69, 9.17) is 0 Å². The fourth-order valence-corrected chi connectivity index (χ4v) is 1.43. The van der Waals surface area contributed by atoms with Gasteiger partial charge in [-0.3, -0.25) is 14.6 Å². The van der Waals surface area contributed by atoms with Crippen LogP contribution in [0.15, 0.2) is 0 Å². The zero-order valence-electron chi connectivity index (χ0n) is 7.32. The van der Waals surface area contributed by atoms with Crippen LogP contribution in [0.5, 0.6) is 0 Å². The molecule has 2 saturated heterocycles. The SMILES string of the molecule is COC(=O)CC(N1CC1)N1CC1. The topological polar surface area (TPSA) is 32.3 Å². The molecule has 2 aliphatic heterocycles. The number of ether oxygens (including phenoxy) is 1. The third kappa shape index (κ3) is 1.76. The second kappa shape index (κ2) is 3.03. The van der Waals surface area contributed by atoms with Crippen LogP contribution in [0.25, 0.3) is 0 Å². The van der Waals surface area contributed by atoms with Crippen LogP contribution in [0.1, 0.15) is 6.42 Å². The smallest absolute Gasteiger partial charge is 0.308 e. The Morgan fingerprint density at radius 1 is 1.33 bits per heavy atom. The predicted octanol–water partition coefficient (Wildman–Crippen LogP) is -0.493. The molecule has 4 heteroatoms. The summed E-state index contributed by atoms with van der Waals surface area (Å²) < 4.78 is 4.64. The predicted molar refractivity (Wildman–Crippen MR) is 43.6 cm³/mol. The molecular weight excluding hydrogens is 156 g/mol. The first-order chi connectivity index (χ1) is 5.81. The van der Waals surface area contributed by atoms with Crippen molar-refractivity contribution >= 4 is 5.97 Å². The van der Waals surface area contributed by atoms with Gasteiger partial charge in [0.2, 0.25) is 0 Å². The number of rotatable bonds is 4. The highest BCUT2D eigenvalue weighted by atomic mass is 16.5. The minimum Gasteiger partial charge on any atom is -0.469 e. The number of hydrogen-bond donors (Lipinski definition) is 0. The molecule has 4 nitrogen and oxygen atoms in total. The van der Waals surface area contributed by atoms with E-state index < -0.39 is 0 Å². The Morgan fingerprint density at radius 3 is 2.17 bits per heavy atom. The van der Waals surface area contributed by atoms with Gasteiger partial charge in [0.15, 0.2) is 0 Å². The fraction of sp³-hybridized carbons (Fsp3) is 0.875. The summed E-state index contributed by atoms with van der Waals surface area (Å²) in [6.45, 7) is 4.55. The summed E-state index contributed by atoms with van der Waals surface area (Å²) in [5.41, 5.74) is 0. The van der Waals surface area contributed by atoms with E-state index in [9.17, 15) is 4.79 Å². The molecule has 0 spiro atoms. The maximum atomic E-state index is 11.0. The largest absolute Gasteiger partial charge is 0.469 e. The Bertz CT molecular complexity index is 175. The van der Waals surface area contributed by atoms with Gasteiger partial charge >= 0.3 is 5.97 Å². The molecule has 0 radical (unpaired) electrons. The molecule has 0 atom stereocenters. The molecule has 2 rings (SSSR count). The summed E-state index contributed by atoms with van der Waals surface area (Å²) in [4.78, 5) is 15.6. The van der Waals surface area contributed by atoms with E-state index >= 15 is 0 Å². The van der Waals surface area contributed by atoms with Crippen LogP contribution in [0.2, 0.25) is 0 Å². The quantitative estimate of drug-likeness (QED) is 0.421. The van der Waals surface area contributed by atoms with Crippen molar-refractivity contribution < 1.29 is 9.53 Å². The Kier molecular flexibility index (Phi) is 2.02. The van der Waals surface area contributed by atoms with E-state index in [2.05, 4.69) is 14.5 Å². The lowest BCUT2D eigenvalue weighted by Crippen LogP contribution is -2.30. The number of carbonyl (C=O) groups is 1. The average Bonchev–Trinajstić information content (AvgIpc) is 2.87. The van der Waals surface area contributed by atoms with Crippen molar-refractivity contribution in [1.29, 1.82) is 0 Å². The van der Waals surface area contributed by atoms with Gasteiger partial charge in [-0.15, -0.1) is 0 Å². The van der Waals surface area contributed by atoms with Gasteiger partial charge in [0.1, 0.15) is 0 Å². The molecule has 12 heavy (non-hydrogen) atoms. The van der Waals surface area contributed by atoms with Crippen LogP contribution in [0, 0.1) is 0 Å². The Hall–Kier alpha value is -0.610. The molecule has 0 amide bonds.